The molecule has 0 fully saturated rings. The molecule has 0 radical (unpaired) electrons. The normalized spacial score (nSPS) is 11.3. The molecule has 80 valence electrons. The molecule has 0 aliphatic heterocycles. The molecule has 2 heterocycles. The van der Waals surface area contributed by atoms with E-state index in [0.29, 0.717) is 0 Å². The van der Waals surface area contributed by atoms with Crippen LogP contribution in [-0.4, -0.2) is 20.2 Å². The zero-order valence-corrected chi connectivity index (χ0v) is 8.65. The Bertz CT molecular complexity index is 701. The van der Waals surface area contributed by atoms with Crippen molar-refractivity contribution in [2.24, 2.45) is 0 Å². The maximum Gasteiger partial charge on any atom is 0.159 e. The lowest BCUT2D eigenvalue weighted by atomic mass is 10.1. The number of hydrogen-bond donors (Lipinski definition) is 3. The third-order valence-corrected chi connectivity index (χ3v) is 2.81. The van der Waals surface area contributed by atoms with Crippen molar-refractivity contribution in [1.82, 2.24) is 9.97 Å². The largest absolute Gasteiger partial charge is 0.504 e. The predicted molar refractivity (Wildman–Crippen MR) is 61.7 cm³/mol. The summed E-state index contributed by atoms with van der Waals surface area (Å²) in [6, 6.07) is 4.96. The average Bonchev–Trinajstić information content (AvgIpc) is 2.59. The summed E-state index contributed by atoms with van der Waals surface area (Å²) in [7, 11) is 0. The number of rotatable bonds is 0. The molecule has 0 saturated heterocycles. The molecule has 3 N–H and O–H groups in total. The first-order valence-electron chi connectivity index (χ1n) is 4.96. The molecule has 2 aromatic heterocycles. The van der Waals surface area contributed by atoms with Crippen molar-refractivity contribution in [3.05, 3.63) is 30.1 Å². The maximum absolute atomic E-state index is 9.48. The van der Waals surface area contributed by atoms with Crippen molar-refractivity contribution in [2.45, 2.75) is 6.92 Å². The van der Waals surface area contributed by atoms with Crippen molar-refractivity contribution >= 4 is 21.8 Å². The Morgan fingerprint density at radius 3 is 2.69 bits per heavy atom. The first-order chi connectivity index (χ1) is 7.66. The minimum Gasteiger partial charge on any atom is -0.504 e. The molecule has 3 rings (SSSR count). The minimum atomic E-state index is -0.121. The number of H-pyrrole nitrogens is 1. The van der Waals surface area contributed by atoms with E-state index < -0.39 is 0 Å². The summed E-state index contributed by atoms with van der Waals surface area (Å²) in [6.45, 7) is 1.91. The number of benzene rings is 1. The molecule has 0 aliphatic rings. The topological polar surface area (TPSA) is 69.1 Å². The molecule has 0 bridgehead atoms. The lowest BCUT2D eigenvalue weighted by molar-refractivity contribution is 0.405. The van der Waals surface area contributed by atoms with E-state index in [0.717, 1.165) is 27.5 Å². The van der Waals surface area contributed by atoms with E-state index >= 15 is 0 Å². The SMILES string of the molecule is Cc1nccc2c1[nH]c1cc(O)c(O)cc12. The first-order valence-corrected chi connectivity index (χ1v) is 4.96. The number of nitrogens with zero attached hydrogens (tertiary/aromatic N) is 1. The van der Waals surface area contributed by atoms with Crippen LogP contribution in [0.15, 0.2) is 24.4 Å². The van der Waals surface area contributed by atoms with Crippen LogP contribution < -0.4 is 0 Å². The monoisotopic (exact) mass is 214 g/mol. The van der Waals surface area contributed by atoms with Gasteiger partial charge in [0, 0.05) is 23.0 Å². The Labute approximate surface area is 91.2 Å². The number of aromatic amines is 1. The summed E-state index contributed by atoms with van der Waals surface area (Å²) in [6.07, 6.45) is 1.73. The van der Waals surface area contributed by atoms with E-state index in [1.165, 1.54) is 6.07 Å². The van der Waals surface area contributed by atoms with Gasteiger partial charge in [-0.05, 0) is 19.1 Å². The van der Waals surface area contributed by atoms with Gasteiger partial charge in [-0.25, -0.2) is 0 Å². The Kier molecular flexibility index (Phi) is 1.63. The second kappa shape index (κ2) is 2.88. The van der Waals surface area contributed by atoms with E-state index in [1.807, 2.05) is 13.0 Å². The summed E-state index contributed by atoms with van der Waals surface area (Å²) in [5.74, 6) is -0.229. The molecule has 16 heavy (non-hydrogen) atoms. The molecule has 0 amide bonds. The molecule has 0 saturated carbocycles. The van der Waals surface area contributed by atoms with Gasteiger partial charge in [-0.15, -0.1) is 0 Å². The van der Waals surface area contributed by atoms with Gasteiger partial charge in [-0.3, -0.25) is 4.98 Å². The number of aromatic hydroxyl groups is 2. The van der Waals surface area contributed by atoms with Crippen molar-refractivity contribution in [3.63, 3.8) is 0 Å². The van der Waals surface area contributed by atoms with Crippen LogP contribution in [0, 0.1) is 6.92 Å². The van der Waals surface area contributed by atoms with E-state index in [9.17, 15) is 10.2 Å². The number of phenolic OH excluding ortho intramolecular Hbond substituents is 2. The van der Waals surface area contributed by atoms with Crippen LogP contribution >= 0.6 is 0 Å². The lowest BCUT2D eigenvalue weighted by Crippen LogP contribution is -1.79. The zero-order chi connectivity index (χ0) is 11.3. The van der Waals surface area contributed by atoms with Gasteiger partial charge in [0.1, 0.15) is 0 Å². The average molecular weight is 214 g/mol. The van der Waals surface area contributed by atoms with Crippen molar-refractivity contribution in [1.29, 1.82) is 0 Å². The van der Waals surface area contributed by atoms with Crippen LogP contribution in [-0.2, 0) is 0 Å². The fourth-order valence-electron chi connectivity index (χ4n) is 1.99. The van der Waals surface area contributed by atoms with Gasteiger partial charge < -0.3 is 15.2 Å². The van der Waals surface area contributed by atoms with E-state index in [2.05, 4.69) is 9.97 Å². The van der Waals surface area contributed by atoms with E-state index in [1.54, 1.807) is 12.3 Å². The molecular weight excluding hydrogens is 204 g/mol. The number of phenols is 2. The number of hydrogen-bond acceptors (Lipinski definition) is 3. The van der Waals surface area contributed by atoms with Crippen LogP contribution in [0.5, 0.6) is 11.5 Å². The van der Waals surface area contributed by atoms with E-state index in [-0.39, 0.29) is 11.5 Å². The Morgan fingerprint density at radius 2 is 1.88 bits per heavy atom. The quantitative estimate of drug-likeness (QED) is 0.503. The lowest BCUT2D eigenvalue weighted by Gasteiger charge is -1.97. The number of nitrogens with one attached hydrogen (secondary N) is 1. The van der Waals surface area contributed by atoms with Gasteiger partial charge in [0.25, 0.3) is 0 Å². The van der Waals surface area contributed by atoms with Crippen molar-refractivity contribution < 1.29 is 10.2 Å². The van der Waals surface area contributed by atoms with Gasteiger partial charge in [-0.1, -0.05) is 0 Å². The summed E-state index contributed by atoms with van der Waals surface area (Å²) in [4.78, 5) is 7.37. The molecule has 0 aliphatic carbocycles. The number of aromatic nitrogens is 2. The Hall–Kier alpha value is -2.23. The van der Waals surface area contributed by atoms with E-state index in [4.69, 9.17) is 0 Å². The van der Waals surface area contributed by atoms with Gasteiger partial charge in [0.15, 0.2) is 11.5 Å². The number of aryl methyl sites for hydroxylation is 1. The van der Waals surface area contributed by atoms with Gasteiger partial charge >= 0.3 is 0 Å². The summed E-state index contributed by atoms with van der Waals surface area (Å²) < 4.78 is 0. The highest BCUT2D eigenvalue weighted by Crippen LogP contribution is 2.34. The highest BCUT2D eigenvalue weighted by atomic mass is 16.3. The van der Waals surface area contributed by atoms with Gasteiger partial charge in [0.2, 0.25) is 0 Å². The second-order valence-corrected chi connectivity index (χ2v) is 3.83. The summed E-state index contributed by atoms with van der Waals surface area (Å²) in [5.41, 5.74) is 2.62. The molecule has 4 heteroatoms. The fourth-order valence-corrected chi connectivity index (χ4v) is 1.99. The predicted octanol–water partition coefficient (Wildman–Crippen LogP) is 2.44. The Balaban J connectivity index is 2.56. The van der Waals surface area contributed by atoms with Crippen molar-refractivity contribution in [3.8, 4) is 11.5 Å². The first kappa shape index (κ1) is 9.03. The van der Waals surface area contributed by atoms with Crippen LogP contribution in [0.4, 0.5) is 0 Å². The van der Waals surface area contributed by atoms with Crippen LogP contribution in [0.2, 0.25) is 0 Å². The summed E-state index contributed by atoms with van der Waals surface area (Å²) in [5, 5.41) is 20.8. The molecule has 1 aromatic carbocycles. The second-order valence-electron chi connectivity index (χ2n) is 3.83. The molecule has 0 atom stereocenters. The molecule has 0 spiro atoms. The van der Waals surface area contributed by atoms with Crippen molar-refractivity contribution in [2.75, 3.05) is 0 Å². The highest BCUT2D eigenvalue weighted by Gasteiger charge is 2.09. The van der Waals surface area contributed by atoms with Crippen LogP contribution in [0.25, 0.3) is 21.8 Å². The number of fused-ring (bicyclic) bond motifs is 3. The smallest absolute Gasteiger partial charge is 0.159 e. The zero-order valence-electron chi connectivity index (χ0n) is 8.65. The highest BCUT2D eigenvalue weighted by molar-refractivity contribution is 6.08. The summed E-state index contributed by atoms with van der Waals surface area (Å²) >= 11 is 0. The maximum atomic E-state index is 9.48. The molecular formula is C12H10N2O2. The standard InChI is InChI=1S/C12H10N2O2/c1-6-12-7(2-3-13-6)8-4-10(15)11(16)5-9(8)14-12/h2-5,14-16H,1H3. The third kappa shape index (κ3) is 1.07. The van der Waals surface area contributed by atoms with Crippen LogP contribution in [0.1, 0.15) is 5.69 Å². The van der Waals surface area contributed by atoms with Gasteiger partial charge in [0.05, 0.1) is 16.7 Å². The van der Waals surface area contributed by atoms with Crippen LogP contribution in [0.3, 0.4) is 0 Å². The van der Waals surface area contributed by atoms with Gasteiger partial charge in [-0.2, -0.15) is 0 Å². The molecule has 4 nitrogen and oxygen atoms in total. The third-order valence-electron chi connectivity index (χ3n) is 2.81. The molecule has 3 aromatic rings. The minimum absolute atomic E-state index is 0.108. The Morgan fingerprint density at radius 1 is 1.12 bits per heavy atom. The fraction of sp³-hybridized carbons (Fsp3) is 0.0833. The molecule has 0 unspecified atom stereocenters. The number of pyridine rings is 1.